The predicted molar refractivity (Wildman–Crippen MR) is 76.8 cm³/mol. The van der Waals surface area contributed by atoms with E-state index >= 15 is 0 Å². The minimum absolute atomic E-state index is 0.253. The molecule has 0 heterocycles. The molecule has 0 aliphatic heterocycles. The average molecular weight is 291 g/mol. The van der Waals surface area contributed by atoms with Crippen LogP contribution in [0.1, 0.15) is 24.3 Å². The Bertz CT molecular complexity index is 331. The summed E-state index contributed by atoms with van der Waals surface area (Å²) in [5, 5.41) is 0.780. The van der Waals surface area contributed by atoms with Crippen LogP contribution in [0.4, 0.5) is 0 Å². The highest BCUT2D eigenvalue weighted by atomic mass is 35.5. The summed E-state index contributed by atoms with van der Waals surface area (Å²) in [4.78, 5) is 0. The molecule has 1 aromatic carbocycles. The van der Waals surface area contributed by atoms with Crippen molar-refractivity contribution in [1.29, 1.82) is 0 Å². The molecule has 0 fully saturated rings. The zero-order valence-electron chi connectivity index (χ0n) is 10.7. The van der Waals surface area contributed by atoms with Crippen LogP contribution < -0.4 is 0 Å². The lowest BCUT2D eigenvalue weighted by Crippen LogP contribution is -2.07. The van der Waals surface area contributed by atoms with Crippen molar-refractivity contribution in [2.24, 2.45) is 0 Å². The molecule has 0 bridgehead atoms. The van der Waals surface area contributed by atoms with E-state index in [1.165, 1.54) is 0 Å². The first-order valence-corrected chi connectivity index (χ1v) is 7.08. The molecule has 1 aromatic rings. The van der Waals surface area contributed by atoms with Crippen molar-refractivity contribution in [3.05, 3.63) is 34.9 Å². The SMILES string of the molecule is COCCCOCCC(CCl)c1ccccc1Cl. The van der Waals surface area contributed by atoms with E-state index in [2.05, 4.69) is 0 Å². The Hall–Kier alpha value is -0.280. The van der Waals surface area contributed by atoms with Gasteiger partial charge in [0.15, 0.2) is 0 Å². The molecule has 1 atom stereocenters. The highest BCUT2D eigenvalue weighted by molar-refractivity contribution is 6.31. The standard InChI is InChI=1S/C14H20Cl2O2/c1-17-8-4-9-18-10-7-12(11-15)13-5-2-3-6-14(13)16/h2-3,5-6,12H,4,7-11H2,1H3. The second-order valence-corrected chi connectivity index (χ2v) is 4.84. The van der Waals surface area contributed by atoms with E-state index in [1.54, 1.807) is 7.11 Å². The molecule has 0 N–H and O–H groups in total. The molecule has 0 aromatic heterocycles. The summed E-state index contributed by atoms with van der Waals surface area (Å²) in [6.45, 7) is 2.17. The fraction of sp³-hybridized carbons (Fsp3) is 0.571. The van der Waals surface area contributed by atoms with Crippen molar-refractivity contribution < 1.29 is 9.47 Å². The summed E-state index contributed by atoms with van der Waals surface area (Å²) in [6.07, 6.45) is 1.81. The van der Waals surface area contributed by atoms with Crippen molar-refractivity contribution in [3.63, 3.8) is 0 Å². The van der Waals surface area contributed by atoms with Crippen LogP contribution >= 0.6 is 23.2 Å². The van der Waals surface area contributed by atoms with E-state index < -0.39 is 0 Å². The van der Waals surface area contributed by atoms with Gasteiger partial charge in [0.05, 0.1) is 0 Å². The van der Waals surface area contributed by atoms with E-state index in [-0.39, 0.29) is 5.92 Å². The van der Waals surface area contributed by atoms with E-state index in [9.17, 15) is 0 Å². The van der Waals surface area contributed by atoms with Crippen LogP contribution in [0.5, 0.6) is 0 Å². The quantitative estimate of drug-likeness (QED) is 0.503. The van der Waals surface area contributed by atoms with Gasteiger partial charge in [-0.1, -0.05) is 29.8 Å². The van der Waals surface area contributed by atoms with Gasteiger partial charge in [-0.2, -0.15) is 0 Å². The zero-order chi connectivity index (χ0) is 13.2. The molecule has 0 spiro atoms. The highest BCUT2D eigenvalue weighted by Gasteiger charge is 2.13. The first-order chi connectivity index (χ1) is 8.79. The lowest BCUT2D eigenvalue weighted by molar-refractivity contribution is 0.0990. The fourth-order valence-corrected chi connectivity index (χ4v) is 2.37. The van der Waals surface area contributed by atoms with Crippen LogP contribution in [0.2, 0.25) is 5.02 Å². The van der Waals surface area contributed by atoms with Crippen molar-refractivity contribution >= 4 is 23.2 Å². The summed E-state index contributed by atoms with van der Waals surface area (Å²) in [5.41, 5.74) is 1.11. The summed E-state index contributed by atoms with van der Waals surface area (Å²) in [6, 6.07) is 7.84. The molecule has 1 unspecified atom stereocenters. The Morgan fingerprint density at radius 2 is 1.94 bits per heavy atom. The number of alkyl halides is 1. The number of benzene rings is 1. The fourth-order valence-electron chi connectivity index (χ4n) is 1.75. The van der Waals surface area contributed by atoms with Gasteiger partial charge >= 0.3 is 0 Å². The summed E-state index contributed by atoms with van der Waals surface area (Å²) >= 11 is 12.2. The molecule has 0 aliphatic rings. The van der Waals surface area contributed by atoms with Crippen LogP contribution in [-0.4, -0.2) is 32.8 Å². The molecule has 18 heavy (non-hydrogen) atoms. The largest absolute Gasteiger partial charge is 0.385 e. The van der Waals surface area contributed by atoms with E-state index in [4.69, 9.17) is 32.7 Å². The minimum Gasteiger partial charge on any atom is -0.385 e. The molecule has 0 amide bonds. The molecule has 2 nitrogen and oxygen atoms in total. The Labute approximate surface area is 119 Å². The number of ether oxygens (including phenoxy) is 2. The molecule has 102 valence electrons. The summed E-state index contributed by atoms with van der Waals surface area (Å²) < 4.78 is 10.5. The monoisotopic (exact) mass is 290 g/mol. The Balaban J connectivity index is 2.32. The van der Waals surface area contributed by atoms with Gasteiger partial charge in [0.2, 0.25) is 0 Å². The topological polar surface area (TPSA) is 18.5 Å². The molecule has 4 heteroatoms. The lowest BCUT2D eigenvalue weighted by atomic mass is 9.98. The highest BCUT2D eigenvalue weighted by Crippen LogP contribution is 2.27. The third-order valence-corrected chi connectivity index (χ3v) is 3.50. The average Bonchev–Trinajstić information content (AvgIpc) is 2.39. The van der Waals surface area contributed by atoms with E-state index in [1.807, 2.05) is 24.3 Å². The summed E-state index contributed by atoms with van der Waals surface area (Å²) in [7, 11) is 1.70. The molecule has 0 saturated carbocycles. The maximum absolute atomic E-state index is 6.16. The van der Waals surface area contributed by atoms with Crippen LogP contribution in [0.15, 0.2) is 24.3 Å². The maximum Gasteiger partial charge on any atom is 0.0487 e. The van der Waals surface area contributed by atoms with E-state index in [0.717, 1.165) is 36.6 Å². The van der Waals surface area contributed by atoms with Crippen molar-refractivity contribution in [3.8, 4) is 0 Å². The van der Waals surface area contributed by atoms with Crippen LogP contribution in [-0.2, 0) is 9.47 Å². The lowest BCUT2D eigenvalue weighted by Gasteiger charge is -2.15. The molecule has 0 saturated heterocycles. The molecule has 0 radical (unpaired) electrons. The van der Waals surface area contributed by atoms with Crippen molar-refractivity contribution in [1.82, 2.24) is 0 Å². The first kappa shape index (κ1) is 15.8. The Morgan fingerprint density at radius 3 is 2.61 bits per heavy atom. The third-order valence-electron chi connectivity index (χ3n) is 2.78. The van der Waals surface area contributed by atoms with E-state index in [0.29, 0.717) is 12.5 Å². The normalized spacial score (nSPS) is 12.6. The molecular weight excluding hydrogens is 271 g/mol. The van der Waals surface area contributed by atoms with Crippen LogP contribution in [0, 0.1) is 0 Å². The number of rotatable bonds is 9. The van der Waals surface area contributed by atoms with Gasteiger partial charge in [0.25, 0.3) is 0 Å². The smallest absolute Gasteiger partial charge is 0.0487 e. The van der Waals surface area contributed by atoms with Crippen LogP contribution in [0.3, 0.4) is 0 Å². The second kappa shape index (κ2) is 9.62. The van der Waals surface area contributed by atoms with Gasteiger partial charge in [-0.25, -0.2) is 0 Å². The minimum atomic E-state index is 0.253. The zero-order valence-corrected chi connectivity index (χ0v) is 12.2. The number of hydrogen-bond donors (Lipinski definition) is 0. The second-order valence-electron chi connectivity index (χ2n) is 4.12. The van der Waals surface area contributed by atoms with Crippen molar-refractivity contribution in [2.45, 2.75) is 18.8 Å². The number of hydrogen-bond acceptors (Lipinski definition) is 2. The van der Waals surface area contributed by atoms with Crippen molar-refractivity contribution in [2.75, 3.05) is 32.8 Å². The van der Waals surface area contributed by atoms with Gasteiger partial charge < -0.3 is 9.47 Å². The van der Waals surface area contributed by atoms with Gasteiger partial charge in [-0.15, -0.1) is 11.6 Å². The molecule has 0 aliphatic carbocycles. The Kier molecular flexibility index (Phi) is 8.44. The van der Waals surface area contributed by atoms with Gasteiger partial charge in [-0.3, -0.25) is 0 Å². The van der Waals surface area contributed by atoms with Gasteiger partial charge in [0, 0.05) is 43.8 Å². The van der Waals surface area contributed by atoms with Crippen LogP contribution in [0.25, 0.3) is 0 Å². The first-order valence-electron chi connectivity index (χ1n) is 6.16. The summed E-state index contributed by atoms with van der Waals surface area (Å²) in [5.74, 6) is 0.813. The molecular formula is C14H20Cl2O2. The predicted octanol–water partition coefficient (Wildman–Crippen LogP) is 4.11. The Morgan fingerprint density at radius 1 is 1.17 bits per heavy atom. The van der Waals surface area contributed by atoms with Gasteiger partial charge in [-0.05, 0) is 24.5 Å². The number of methoxy groups -OCH3 is 1. The molecule has 1 rings (SSSR count). The number of halogens is 2. The third kappa shape index (κ3) is 5.57. The maximum atomic E-state index is 6.16. The van der Waals surface area contributed by atoms with Gasteiger partial charge in [0.1, 0.15) is 0 Å².